The molecule has 0 bridgehead atoms. The number of benzene rings is 1. The Balaban J connectivity index is 2.32. The van der Waals surface area contributed by atoms with Crippen LogP contribution >= 0.6 is 27.7 Å². The van der Waals surface area contributed by atoms with Crippen LogP contribution in [0.15, 0.2) is 45.1 Å². The van der Waals surface area contributed by atoms with Gasteiger partial charge in [0.1, 0.15) is 0 Å². The van der Waals surface area contributed by atoms with Gasteiger partial charge in [-0.25, -0.2) is 9.97 Å². The summed E-state index contributed by atoms with van der Waals surface area (Å²) in [5.74, 6) is 0. The van der Waals surface area contributed by atoms with Crippen LogP contribution in [0.4, 0.5) is 5.69 Å². The van der Waals surface area contributed by atoms with Crippen LogP contribution in [-0.2, 0) is 0 Å². The molecule has 1 aromatic carbocycles. The molecule has 0 radical (unpaired) electrons. The van der Waals surface area contributed by atoms with Crippen LogP contribution in [-0.4, -0.2) is 9.97 Å². The Morgan fingerprint density at radius 2 is 1.94 bits per heavy atom. The van der Waals surface area contributed by atoms with Crippen LogP contribution in [0.3, 0.4) is 0 Å². The first-order valence-electron chi connectivity index (χ1n) is 4.67. The summed E-state index contributed by atoms with van der Waals surface area (Å²) in [7, 11) is 0. The molecule has 16 heavy (non-hydrogen) atoms. The van der Waals surface area contributed by atoms with Crippen molar-refractivity contribution in [2.24, 2.45) is 0 Å². The average molecular weight is 296 g/mol. The Hall–Kier alpha value is -1.07. The minimum Gasteiger partial charge on any atom is -0.398 e. The number of aromatic nitrogens is 2. The summed E-state index contributed by atoms with van der Waals surface area (Å²) in [6, 6.07) is 5.73. The van der Waals surface area contributed by atoms with Gasteiger partial charge in [-0.1, -0.05) is 0 Å². The molecule has 0 saturated carbocycles. The first kappa shape index (κ1) is 11.4. The molecule has 2 N–H and O–H groups in total. The van der Waals surface area contributed by atoms with Crippen molar-refractivity contribution in [3.05, 3.63) is 40.6 Å². The number of hydrogen-bond acceptors (Lipinski definition) is 4. The second kappa shape index (κ2) is 4.84. The molecule has 0 amide bonds. The van der Waals surface area contributed by atoms with Crippen LogP contribution in [0.2, 0.25) is 0 Å². The fraction of sp³-hybridized carbons (Fsp3) is 0.0909. The summed E-state index contributed by atoms with van der Waals surface area (Å²) in [4.78, 5) is 9.40. The first-order valence-corrected chi connectivity index (χ1v) is 6.28. The zero-order valence-corrected chi connectivity index (χ0v) is 11.0. The second-order valence-electron chi connectivity index (χ2n) is 3.27. The van der Waals surface area contributed by atoms with E-state index >= 15 is 0 Å². The third-order valence-electron chi connectivity index (χ3n) is 2.06. The number of aryl methyl sites for hydroxylation is 1. The maximum atomic E-state index is 5.81. The number of hydrogen-bond donors (Lipinski definition) is 1. The van der Waals surface area contributed by atoms with Crippen molar-refractivity contribution >= 4 is 33.4 Å². The summed E-state index contributed by atoms with van der Waals surface area (Å²) in [5.41, 5.74) is 7.65. The third kappa shape index (κ3) is 2.54. The van der Waals surface area contributed by atoms with E-state index in [2.05, 4.69) is 25.9 Å². The largest absolute Gasteiger partial charge is 0.398 e. The molecule has 82 valence electrons. The SMILES string of the molecule is Cc1cc(Sc2ncccn2)c(Br)cc1N. The molecule has 1 heterocycles. The molecule has 0 aliphatic heterocycles. The summed E-state index contributed by atoms with van der Waals surface area (Å²) in [6.45, 7) is 1.98. The lowest BCUT2D eigenvalue weighted by molar-refractivity contribution is 0.966. The van der Waals surface area contributed by atoms with Crippen molar-refractivity contribution in [3.63, 3.8) is 0 Å². The Kier molecular flexibility index (Phi) is 3.46. The number of nitrogens with zero attached hydrogens (tertiary/aromatic N) is 2. The van der Waals surface area contributed by atoms with Crippen molar-refractivity contribution in [2.45, 2.75) is 17.0 Å². The number of anilines is 1. The molecule has 0 atom stereocenters. The van der Waals surface area contributed by atoms with Crippen molar-refractivity contribution in [2.75, 3.05) is 5.73 Å². The normalized spacial score (nSPS) is 10.4. The van der Waals surface area contributed by atoms with E-state index in [0.717, 1.165) is 25.8 Å². The highest BCUT2D eigenvalue weighted by Gasteiger charge is 2.06. The van der Waals surface area contributed by atoms with Crippen LogP contribution < -0.4 is 5.73 Å². The fourth-order valence-electron chi connectivity index (χ4n) is 1.19. The molecule has 0 spiro atoms. The lowest BCUT2D eigenvalue weighted by Crippen LogP contribution is -1.91. The Labute approximate surface area is 107 Å². The van der Waals surface area contributed by atoms with Gasteiger partial charge in [0.05, 0.1) is 0 Å². The standard InChI is InChI=1S/C11H10BrN3S/c1-7-5-10(8(12)6-9(7)13)16-11-14-3-2-4-15-11/h2-6H,13H2,1H3. The zero-order valence-electron chi connectivity index (χ0n) is 8.64. The monoisotopic (exact) mass is 295 g/mol. The molecule has 0 aliphatic carbocycles. The number of nitrogens with two attached hydrogens (primary N) is 1. The molecule has 0 aliphatic rings. The van der Waals surface area contributed by atoms with Gasteiger partial charge < -0.3 is 5.73 Å². The average Bonchev–Trinajstić information content (AvgIpc) is 2.27. The van der Waals surface area contributed by atoms with Crippen molar-refractivity contribution in [3.8, 4) is 0 Å². The third-order valence-corrected chi connectivity index (χ3v) is 3.93. The van der Waals surface area contributed by atoms with Gasteiger partial charge in [-0.05, 0) is 58.4 Å². The van der Waals surface area contributed by atoms with Crippen molar-refractivity contribution < 1.29 is 0 Å². The fourth-order valence-corrected chi connectivity index (χ4v) is 2.60. The molecule has 3 nitrogen and oxygen atoms in total. The smallest absolute Gasteiger partial charge is 0.192 e. The minimum absolute atomic E-state index is 0.729. The van der Waals surface area contributed by atoms with Crippen molar-refractivity contribution in [1.82, 2.24) is 9.97 Å². The van der Waals surface area contributed by atoms with Gasteiger partial charge in [0.15, 0.2) is 5.16 Å². The lowest BCUT2D eigenvalue weighted by atomic mass is 10.2. The van der Waals surface area contributed by atoms with Gasteiger partial charge in [-0.15, -0.1) is 0 Å². The lowest BCUT2D eigenvalue weighted by Gasteiger charge is -2.06. The van der Waals surface area contributed by atoms with E-state index in [9.17, 15) is 0 Å². The van der Waals surface area contributed by atoms with E-state index < -0.39 is 0 Å². The molecule has 1 aromatic heterocycles. The molecule has 2 rings (SSSR count). The molecule has 0 saturated heterocycles. The molecule has 0 unspecified atom stereocenters. The van der Waals surface area contributed by atoms with E-state index in [1.54, 1.807) is 18.5 Å². The first-order chi connectivity index (χ1) is 7.66. The van der Waals surface area contributed by atoms with E-state index in [1.807, 2.05) is 19.1 Å². The van der Waals surface area contributed by atoms with E-state index in [1.165, 1.54) is 11.8 Å². The van der Waals surface area contributed by atoms with Gasteiger partial charge in [-0.2, -0.15) is 0 Å². The zero-order chi connectivity index (χ0) is 11.5. The maximum absolute atomic E-state index is 5.81. The van der Waals surface area contributed by atoms with Crippen molar-refractivity contribution in [1.29, 1.82) is 0 Å². The Morgan fingerprint density at radius 1 is 1.25 bits per heavy atom. The highest BCUT2D eigenvalue weighted by molar-refractivity contribution is 9.10. The van der Waals surface area contributed by atoms with Gasteiger partial charge in [-0.3, -0.25) is 0 Å². The second-order valence-corrected chi connectivity index (χ2v) is 5.14. The molecule has 5 heteroatoms. The maximum Gasteiger partial charge on any atom is 0.192 e. The number of halogens is 1. The van der Waals surface area contributed by atoms with E-state index in [-0.39, 0.29) is 0 Å². The predicted octanol–water partition coefficient (Wildman–Crippen LogP) is 3.28. The molecular formula is C11H10BrN3S. The Morgan fingerprint density at radius 3 is 2.62 bits per heavy atom. The van der Waals surface area contributed by atoms with Crippen LogP contribution in [0, 0.1) is 6.92 Å². The topological polar surface area (TPSA) is 51.8 Å². The highest BCUT2D eigenvalue weighted by Crippen LogP contribution is 2.34. The van der Waals surface area contributed by atoms with Gasteiger partial charge in [0.25, 0.3) is 0 Å². The van der Waals surface area contributed by atoms with Crippen LogP contribution in [0.25, 0.3) is 0 Å². The minimum atomic E-state index is 0.729. The number of nitrogen functional groups attached to an aromatic ring is 1. The quantitative estimate of drug-likeness (QED) is 0.682. The highest BCUT2D eigenvalue weighted by atomic mass is 79.9. The van der Waals surface area contributed by atoms with Gasteiger partial charge in [0.2, 0.25) is 0 Å². The van der Waals surface area contributed by atoms with Crippen LogP contribution in [0.5, 0.6) is 0 Å². The number of rotatable bonds is 2. The summed E-state index contributed by atoms with van der Waals surface area (Å²) >= 11 is 4.99. The van der Waals surface area contributed by atoms with Gasteiger partial charge in [0, 0.05) is 27.4 Å². The summed E-state index contributed by atoms with van der Waals surface area (Å²) < 4.78 is 0.966. The van der Waals surface area contributed by atoms with Gasteiger partial charge >= 0.3 is 0 Å². The molecular weight excluding hydrogens is 286 g/mol. The Bertz CT molecular complexity index is 502. The predicted molar refractivity (Wildman–Crippen MR) is 69.4 cm³/mol. The van der Waals surface area contributed by atoms with E-state index in [4.69, 9.17) is 5.73 Å². The van der Waals surface area contributed by atoms with E-state index in [0.29, 0.717) is 0 Å². The van der Waals surface area contributed by atoms with Crippen LogP contribution in [0.1, 0.15) is 5.56 Å². The molecule has 2 aromatic rings. The summed E-state index contributed by atoms with van der Waals surface area (Å²) in [6.07, 6.45) is 3.46. The summed E-state index contributed by atoms with van der Waals surface area (Å²) in [5, 5.41) is 0.729. The molecule has 0 fully saturated rings.